The van der Waals surface area contributed by atoms with E-state index in [-0.39, 0.29) is 5.11 Å². The smallest absolute Gasteiger partial charge is 0.322 e. The van der Waals surface area contributed by atoms with Crippen LogP contribution in [0.5, 0.6) is 0 Å². The van der Waals surface area contributed by atoms with E-state index in [4.69, 9.17) is 22.9 Å². The molecule has 1 fully saturated rings. The van der Waals surface area contributed by atoms with E-state index in [0.717, 1.165) is 24.2 Å². The van der Waals surface area contributed by atoms with Crippen LogP contribution in [0.2, 0.25) is 0 Å². The second-order valence-corrected chi connectivity index (χ2v) is 3.13. The van der Waals surface area contributed by atoms with Crippen molar-refractivity contribution in [3.8, 4) is 0 Å². The average molecular weight is 232 g/mol. The Hall–Kier alpha value is -1.57. The molecule has 0 spiro atoms. The van der Waals surface area contributed by atoms with Gasteiger partial charge in [-0.1, -0.05) is 13.3 Å². The maximum atomic E-state index is 11.0. The van der Waals surface area contributed by atoms with Gasteiger partial charge in [0.2, 0.25) is 5.11 Å². The summed E-state index contributed by atoms with van der Waals surface area (Å²) in [7, 11) is 0. The first kappa shape index (κ1) is 11.5. The molecule has 7 nitrogen and oxygen atoms in total. The standard InChI is InChI=1S/C7H12N4O3S/c1-2-3-4-10-6(15)11(5-9-8)14-7(12)13-10/h5H,2-4,8H2,1H3/b9-5+. The molecule has 0 aromatic rings. The van der Waals surface area contributed by atoms with Crippen molar-refractivity contribution in [1.82, 2.24) is 10.1 Å². The summed E-state index contributed by atoms with van der Waals surface area (Å²) in [5.41, 5.74) is 0. The zero-order valence-corrected chi connectivity index (χ0v) is 9.07. The van der Waals surface area contributed by atoms with Crippen LogP contribution in [-0.2, 0) is 9.68 Å². The Morgan fingerprint density at radius 3 is 2.93 bits per heavy atom. The van der Waals surface area contributed by atoms with Crippen molar-refractivity contribution in [3.05, 3.63) is 0 Å². The summed E-state index contributed by atoms with van der Waals surface area (Å²) >= 11 is 4.98. The fourth-order valence-electron chi connectivity index (χ4n) is 0.951. The molecule has 1 aliphatic heterocycles. The van der Waals surface area contributed by atoms with E-state index in [1.165, 1.54) is 5.06 Å². The van der Waals surface area contributed by atoms with Crippen molar-refractivity contribution in [2.75, 3.05) is 6.54 Å². The van der Waals surface area contributed by atoms with Crippen LogP contribution in [0.25, 0.3) is 0 Å². The van der Waals surface area contributed by atoms with Gasteiger partial charge in [-0.2, -0.15) is 15.0 Å². The minimum atomic E-state index is -0.861. The van der Waals surface area contributed by atoms with Crippen LogP contribution in [0.3, 0.4) is 0 Å². The predicted octanol–water partition coefficient (Wildman–Crippen LogP) is 0.574. The Morgan fingerprint density at radius 1 is 1.60 bits per heavy atom. The second kappa shape index (κ2) is 5.35. The van der Waals surface area contributed by atoms with Crippen molar-refractivity contribution in [1.29, 1.82) is 0 Å². The van der Waals surface area contributed by atoms with Gasteiger partial charge in [0, 0.05) is 0 Å². The molecule has 0 amide bonds. The Balaban J connectivity index is 2.63. The summed E-state index contributed by atoms with van der Waals surface area (Å²) in [4.78, 5) is 20.4. The highest BCUT2D eigenvalue weighted by atomic mass is 32.1. The quantitative estimate of drug-likeness (QED) is 0.249. The molecule has 8 heteroatoms. The van der Waals surface area contributed by atoms with Crippen molar-refractivity contribution in [3.63, 3.8) is 0 Å². The molecule has 0 saturated carbocycles. The van der Waals surface area contributed by atoms with Gasteiger partial charge in [0.05, 0.1) is 6.54 Å². The molecule has 0 unspecified atom stereocenters. The highest BCUT2D eigenvalue weighted by Crippen LogP contribution is 2.10. The zero-order chi connectivity index (χ0) is 11.3. The molecular formula is C7H12N4O3S. The van der Waals surface area contributed by atoms with Gasteiger partial charge in [-0.05, 0) is 18.6 Å². The first-order valence-electron chi connectivity index (χ1n) is 4.43. The minimum absolute atomic E-state index is 0.192. The Bertz CT molecular complexity index is 283. The predicted molar refractivity (Wildman–Crippen MR) is 56.3 cm³/mol. The number of hydroxylamine groups is 4. The lowest BCUT2D eigenvalue weighted by Gasteiger charge is -2.31. The molecule has 0 aliphatic carbocycles. The van der Waals surface area contributed by atoms with Crippen LogP contribution < -0.4 is 5.84 Å². The van der Waals surface area contributed by atoms with E-state index < -0.39 is 6.16 Å². The number of carbonyl (C=O) groups excluding carboxylic acids is 1. The fourth-order valence-corrected chi connectivity index (χ4v) is 1.16. The second-order valence-electron chi connectivity index (χ2n) is 2.76. The number of nitrogens with two attached hydrogens (primary N) is 1. The van der Waals surface area contributed by atoms with Crippen molar-refractivity contribution in [2.24, 2.45) is 10.9 Å². The summed E-state index contributed by atoms with van der Waals surface area (Å²) in [5.74, 6) is 4.93. The van der Waals surface area contributed by atoms with Gasteiger partial charge in [0.25, 0.3) is 0 Å². The first-order valence-corrected chi connectivity index (χ1v) is 4.84. The third-order valence-corrected chi connectivity index (χ3v) is 2.03. The summed E-state index contributed by atoms with van der Waals surface area (Å²) in [6, 6.07) is 0. The number of nitrogens with zero attached hydrogens (tertiary/aromatic N) is 3. The van der Waals surface area contributed by atoms with Gasteiger partial charge >= 0.3 is 6.16 Å². The molecule has 0 radical (unpaired) electrons. The summed E-state index contributed by atoms with van der Waals surface area (Å²) in [6.45, 7) is 2.53. The number of thiocarbonyl (C=S) groups is 1. The van der Waals surface area contributed by atoms with E-state index >= 15 is 0 Å². The lowest BCUT2D eigenvalue weighted by atomic mass is 10.3. The van der Waals surface area contributed by atoms with E-state index in [1.807, 2.05) is 6.92 Å². The van der Waals surface area contributed by atoms with Gasteiger partial charge in [0.1, 0.15) is 0 Å². The first-order chi connectivity index (χ1) is 7.19. The summed E-state index contributed by atoms with van der Waals surface area (Å²) < 4.78 is 0. The van der Waals surface area contributed by atoms with Crippen molar-refractivity contribution < 1.29 is 14.5 Å². The van der Waals surface area contributed by atoms with Crippen molar-refractivity contribution in [2.45, 2.75) is 19.8 Å². The lowest BCUT2D eigenvalue weighted by Crippen LogP contribution is -2.50. The summed E-state index contributed by atoms with van der Waals surface area (Å²) in [5, 5.41) is 5.66. The topological polar surface area (TPSA) is 80.4 Å². The molecule has 1 heterocycles. The van der Waals surface area contributed by atoms with E-state index in [1.54, 1.807) is 0 Å². The molecule has 0 aromatic heterocycles. The normalized spacial score (nSPS) is 16.9. The Kier molecular flexibility index (Phi) is 4.10. The third-order valence-electron chi connectivity index (χ3n) is 1.65. The van der Waals surface area contributed by atoms with E-state index in [2.05, 4.69) is 9.94 Å². The molecule has 0 aromatic carbocycles. The minimum Gasteiger partial charge on any atom is -0.322 e. The Morgan fingerprint density at radius 2 is 2.33 bits per heavy atom. The molecular weight excluding hydrogens is 220 g/mol. The molecule has 1 rings (SSSR count). The van der Waals surface area contributed by atoms with Crippen LogP contribution in [0.4, 0.5) is 4.79 Å². The molecule has 0 atom stereocenters. The highest BCUT2D eigenvalue weighted by molar-refractivity contribution is 7.80. The number of rotatable bonds is 4. The molecule has 15 heavy (non-hydrogen) atoms. The van der Waals surface area contributed by atoms with E-state index in [9.17, 15) is 4.79 Å². The molecule has 1 aliphatic rings. The molecule has 1 saturated heterocycles. The van der Waals surface area contributed by atoms with Gasteiger partial charge in [-0.25, -0.2) is 0 Å². The number of carbonyl (C=O) groups is 1. The van der Waals surface area contributed by atoms with Gasteiger partial charge in [0.15, 0.2) is 6.34 Å². The molecule has 84 valence electrons. The zero-order valence-electron chi connectivity index (χ0n) is 8.25. The van der Waals surface area contributed by atoms with E-state index in [0.29, 0.717) is 6.54 Å². The number of hydrogen-bond acceptors (Lipinski definition) is 6. The third kappa shape index (κ3) is 2.94. The van der Waals surface area contributed by atoms with Gasteiger partial charge < -0.3 is 10.7 Å². The van der Waals surface area contributed by atoms with Crippen LogP contribution in [0.15, 0.2) is 5.10 Å². The fraction of sp³-hybridized carbons (Fsp3) is 0.571. The maximum absolute atomic E-state index is 11.0. The monoisotopic (exact) mass is 232 g/mol. The largest absolute Gasteiger partial charge is 0.559 e. The highest BCUT2D eigenvalue weighted by Gasteiger charge is 2.30. The van der Waals surface area contributed by atoms with Crippen LogP contribution >= 0.6 is 12.2 Å². The lowest BCUT2D eigenvalue weighted by molar-refractivity contribution is -0.158. The number of hydrazone groups is 1. The molecule has 0 bridgehead atoms. The van der Waals surface area contributed by atoms with Gasteiger partial charge in [-0.15, -0.1) is 5.06 Å². The number of hydrogen-bond donors (Lipinski definition) is 1. The summed E-state index contributed by atoms with van der Waals surface area (Å²) in [6.07, 6.45) is 2.05. The Labute approximate surface area is 92.3 Å². The molecule has 2 N–H and O–H groups in total. The van der Waals surface area contributed by atoms with Crippen LogP contribution in [0.1, 0.15) is 19.8 Å². The SMILES string of the molecule is CCCCN1OC(=O)ON(/C=N/N)C1=S. The maximum Gasteiger partial charge on any atom is 0.559 e. The van der Waals surface area contributed by atoms with Gasteiger partial charge in [-0.3, -0.25) is 4.84 Å². The van der Waals surface area contributed by atoms with Crippen LogP contribution in [0, 0.1) is 0 Å². The van der Waals surface area contributed by atoms with Crippen LogP contribution in [-0.4, -0.2) is 34.3 Å². The number of unbranched alkanes of at least 4 members (excludes halogenated alkanes) is 1. The average Bonchev–Trinajstić information content (AvgIpc) is 2.21. The van der Waals surface area contributed by atoms with Crippen molar-refractivity contribution >= 4 is 29.8 Å².